The van der Waals surface area contributed by atoms with Crippen LogP contribution in [0.5, 0.6) is 0 Å². The maximum atomic E-state index is 12.1. The number of nitrogens with two attached hydrogens (primary N) is 1. The molecule has 0 saturated heterocycles. The van der Waals surface area contributed by atoms with E-state index in [1.807, 2.05) is 5.38 Å². The number of carbonyl (C=O) groups excluding carboxylic acids is 3. The fourth-order valence-electron chi connectivity index (χ4n) is 1.96. The van der Waals surface area contributed by atoms with E-state index in [9.17, 15) is 14.4 Å². The van der Waals surface area contributed by atoms with Crippen molar-refractivity contribution in [2.75, 3.05) is 10.6 Å². The first-order chi connectivity index (χ1) is 12.5. The molecular weight excluding hydrogens is 394 g/mol. The van der Waals surface area contributed by atoms with Crippen molar-refractivity contribution in [3.63, 3.8) is 0 Å². The number of nitrogens with one attached hydrogen (secondary N) is 2. The van der Waals surface area contributed by atoms with Gasteiger partial charge in [-0.2, -0.15) is 11.3 Å². The minimum absolute atomic E-state index is 0.0334. The molecule has 0 spiro atoms. The highest BCUT2D eigenvalue weighted by Gasteiger charge is 2.13. The summed E-state index contributed by atoms with van der Waals surface area (Å²) in [5.41, 5.74) is 6.74. The molecule has 0 aliphatic rings. The van der Waals surface area contributed by atoms with Crippen molar-refractivity contribution in [3.8, 4) is 0 Å². The van der Waals surface area contributed by atoms with Gasteiger partial charge in [0, 0.05) is 16.1 Å². The predicted octanol–water partition coefficient (Wildman–Crippen LogP) is 2.12. The third kappa shape index (κ3) is 4.94. The molecule has 3 amide bonds. The number of thiazole rings is 2. The van der Waals surface area contributed by atoms with Crippen molar-refractivity contribution in [1.82, 2.24) is 9.97 Å². The third-order valence-electron chi connectivity index (χ3n) is 3.05. The second-order valence-corrected chi connectivity index (χ2v) is 7.62. The van der Waals surface area contributed by atoms with Crippen molar-refractivity contribution in [1.29, 1.82) is 0 Å². The van der Waals surface area contributed by atoms with Crippen LogP contribution in [0.3, 0.4) is 0 Å². The van der Waals surface area contributed by atoms with Crippen LogP contribution < -0.4 is 16.4 Å². The minimum atomic E-state index is -0.479. The number of amides is 3. The van der Waals surface area contributed by atoms with Crippen LogP contribution in [0.2, 0.25) is 0 Å². The summed E-state index contributed by atoms with van der Waals surface area (Å²) in [7, 11) is 0. The van der Waals surface area contributed by atoms with Gasteiger partial charge in [-0.15, -0.1) is 22.7 Å². The molecule has 0 unspecified atom stereocenters. The van der Waals surface area contributed by atoms with Gasteiger partial charge in [0.15, 0.2) is 10.3 Å². The zero-order valence-corrected chi connectivity index (χ0v) is 15.7. The number of aromatic nitrogens is 2. The molecule has 4 N–H and O–H groups in total. The molecule has 11 heteroatoms. The molecule has 0 aromatic carbocycles. The Balaban J connectivity index is 1.53. The Morgan fingerprint density at radius 1 is 0.962 bits per heavy atom. The Morgan fingerprint density at radius 3 is 2.23 bits per heavy atom. The highest BCUT2D eigenvalue weighted by Crippen LogP contribution is 2.19. The van der Waals surface area contributed by atoms with Gasteiger partial charge >= 0.3 is 0 Å². The van der Waals surface area contributed by atoms with Crippen LogP contribution in [-0.4, -0.2) is 27.7 Å². The van der Waals surface area contributed by atoms with Gasteiger partial charge < -0.3 is 11.1 Å². The van der Waals surface area contributed by atoms with Gasteiger partial charge in [-0.3, -0.25) is 19.7 Å². The number of rotatable bonds is 7. The van der Waals surface area contributed by atoms with Crippen LogP contribution in [0.4, 0.5) is 10.3 Å². The molecule has 0 bridgehead atoms. The Kier molecular flexibility index (Phi) is 5.71. The highest BCUT2D eigenvalue weighted by molar-refractivity contribution is 7.14. The lowest BCUT2D eigenvalue weighted by molar-refractivity contribution is -0.117. The largest absolute Gasteiger partial charge is 0.369 e. The molecule has 134 valence electrons. The van der Waals surface area contributed by atoms with E-state index in [0.29, 0.717) is 27.2 Å². The van der Waals surface area contributed by atoms with Crippen molar-refractivity contribution >= 4 is 62.0 Å². The summed E-state index contributed by atoms with van der Waals surface area (Å²) in [6.45, 7) is 0. The number of hydrogen-bond acceptors (Lipinski definition) is 8. The summed E-state index contributed by atoms with van der Waals surface area (Å²) in [5.74, 6) is -1.000. The van der Waals surface area contributed by atoms with Crippen molar-refractivity contribution in [2.45, 2.75) is 12.8 Å². The van der Waals surface area contributed by atoms with E-state index in [-0.39, 0.29) is 24.7 Å². The van der Waals surface area contributed by atoms with Gasteiger partial charge in [0.2, 0.25) is 11.8 Å². The highest BCUT2D eigenvalue weighted by atomic mass is 32.1. The molecular formula is C15H13N5O3S3. The zero-order chi connectivity index (χ0) is 18.5. The van der Waals surface area contributed by atoms with Gasteiger partial charge in [0.05, 0.1) is 29.8 Å². The third-order valence-corrected chi connectivity index (χ3v) is 5.35. The molecule has 26 heavy (non-hydrogen) atoms. The standard InChI is InChI=1S/C15H13N5O3S3/c16-11(21)3-9-6-25-14(17-9)19-12(22)4-10-7-26-15(18-10)20-13(23)8-1-2-24-5-8/h1-2,5-7H,3-4H2,(H2,16,21)(H,17,19,22)(H,18,20,23). The van der Waals surface area contributed by atoms with Crippen LogP contribution in [0.15, 0.2) is 27.6 Å². The zero-order valence-electron chi connectivity index (χ0n) is 13.2. The topological polar surface area (TPSA) is 127 Å². The van der Waals surface area contributed by atoms with Gasteiger partial charge in [0.1, 0.15) is 0 Å². The molecule has 0 saturated carbocycles. The maximum Gasteiger partial charge on any atom is 0.258 e. The fourth-order valence-corrected chi connectivity index (χ4v) is 4.03. The second kappa shape index (κ2) is 8.17. The van der Waals surface area contributed by atoms with E-state index in [0.717, 1.165) is 0 Å². The smallest absolute Gasteiger partial charge is 0.258 e. The van der Waals surface area contributed by atoms with Gasteiger partial charge in [-0.25, -0.2) is 9.97 Å². The second-order valence-electron chi connectivity index (χ2n) is 5.12. The Morgan fingerprint density at radius 2 is 1.62 bits per heavy atom. The summed E-state index contributed by atoms with van der Waals surface area (Å²) in [6, 6.07) is 1.72. The number of thiophene rings is 1. The quantitative estimate of drug-likeness (QED) is 0.553. The number of primary amides is 1. The molecule has 0 atom stereocenters. The van der Waals surface area contributed by atoms with E-state index in [1.165, 1.54) is 34.0 Å². The Hall–Kier alpha value is -2.63. The summed E-state index contributed by atoms with van der Waals surface area (Å²) in [6.07, 6.45) is 0.0845. The van der Waals surface area contributed by atoms with E-state index in [2.05, 4.69) is 20.6 Å². The van der Waals surface area contributed by atoms with E-state index in [1.54, 1.807) is 22.2 Å². The summed E-state index contributed by atoms with van der Waals surface area (Å²) >= 11 is 3.90. The van der Waals surface area contributed by atoms with Crippen LogP contribution >= 0.6 is 34.0 Å². The molecule has 3 heterocycles. The monoisotopic (exact) mass is 407 g/mol. The normalized spacial score (nSPS) is 10.5. The molecule has 0 aliphatic carbocycles. The predicted molar refractivity (Wildman–Crippen MR) is 102 cm³/mol. The van der Waals surface area contributed by atoms with E-state index in [4.69, 9.17) is 5.73 Å². The summed E-state index contributed by atoms with van der Waals surface area (Å²) in [4.78, 5) is 43.3. The van der Waals surface area contributed by atoms with Crippen LogP contribution in [-0.2, 0) is 22.4 Å². The number of anilines is 2. The Bertz CT molecular complexity index is 932. The fraction of sp³-hybridized carbons (Fsp3) is 0.133. The molecule has 3 aromatic rings. The Labute approximate surface area is 160 Å². The number of nitrogens with zero attached hydrogens (tertiary/aromatic N) is 2. The molecule has 3 aromatic heterocycles. The van der Waals surface area contributed by atoms with Gasteiger partial charge in [-0.1, -0.05) is 0 Å². The number of hydrogen-bond donors (Lipinski definition) is 3. The average molecular weight is 408 g/mol. The molecule has 8 nitrogen and oxygen atoms in total. The van der Waals surface area contributed by atoms with Crippen molar-refractivity contribution in [2.24, 2.45) is 5.73 Å². The molecule has 0 fully saturated rings. The first-order valence-electron chi connectivity index (χ1n) is 7.30. The van der Waals surface area contributed by atoms with Crippen LogP contribution in [0.25, 0.3) is 0 Å². The molecule has 0 radical (unpaired) electrons. The average Bonchev–Trinajstić information content (AvgIpc) is 3.29. The van der Waals surface area contributed by atoms with E-state index >= 15 is 0 Å². The van der Waals surface area contributed by atoms with E-state index < -0.39 is 5.91 Å². The first-order valence-corrected chi connectivity index (χ1v) is 10.0. The van der Waals surface area contributed by atoms with Gasteiger partial charge in [0.25, 0.3) is 5.91 Å². The minimum Gasteiger partial charge on any atom is -0.369 e. The van der Waals surface area contributed by atoms with Crippen molar-refractivity contribution in [3.05, 3.63) is 44.5 Å². The number of carbonyl (C=O) groups is 3. The lowest BCUT2D eigenvalue weighted by Gasteiger charge is -2.00. The molecule has 3 rings (SSSR count). The SMILES string of the molecule is NC(=O)Cc1csc(NC(=O)Cc2csc(NC(=O)c3ccsc3)n2)n1. The first kappa shape index (κ1) is 18.2. The lowest BCUT2D eigenvalue weighted by atomic mass is 10.3. The summed E-state index contributed by atoms with van der Waals surface area (Å²) < 4.78 is 0. The van der Waals surface area contributed by atoms with Crippen LogP contribution in [0.1, 0.15) is 21.7 Å². The van der Waals surface area contributed by atoms with Gasteiger partial charge in [-0.05, 0) is 11.4 Å². The molecule has 0 aliphatic heterocycles. The lowest BCUT2D eigenvalue weighted by Crippen LogP contribution is -2.16. The van der Waals surface area contributed by atoms with Crippen LogP contribution in [0, 0.1) is 0 Å². The summed E-state index contributed by atoms with van der Waals surface area (Å²) in [5, 5.41) is 13.1. The van der Waals surface area contributed by atoms with Crippen molar-refractivity contribution < 1.29 is 14.4 Å². The maximum absolute atomic E-state index is 12.1.